The zero-order valence-corrected chi connectivity index (χ0v) is 11.8. The van der Waals surface area contributed by atoms with Gasteiger partial charge in [-0.2, -0.15) is 4.99 Å². The SMILES string of the molecule is CCCOC(=O)Sc1cc(N=C=S)c(F)cc1Cl. The summed E-state index contributed by atoms with van der Waals surface area (Å²) in [6, 6.07) is 2.40. The van der Waals surface area contributed by atoms with Crippen molar-refractivity contribution in [2.75, 3.05) is 6.61 Å². The van der Waals surface area contributed by atoms with E-state index in [4.69, 9.17) is 16.3 Å². The van der Waals surface area contributed by atoms with Crippen LogP contribution in [0.25, 0.3) is 0 Å². The van der Waals surface area contributed by atoms with Gasteiger partial charge in [0, 0.05) is 4.90 Å². The van der Waals surface area contributed by atoms with Crippen LogP contribution in [-0.2, 0) is 4.74 Å². The van der Waals surface area contributed by atoms with Crippen molar-refractivity contribution >= 4 is 51.7 Å². The van der Waals surface area contributed by atoms with Gasteiger partial charge in [-0.15, -0.1) is 0 Å². The van der Waals surface area contributed by atoms with Crippen LogP contribution in [0, 0.1) is 5.82 Å². The minimum Gasteiger partial charge on any atom is -0.457 e. The van der Waals surface area contributed by atoms with E-state index < -0.39 is 11.1 Å². The highest BCUT2D eigenvalue weighted by Crippen LogP contribution is 2.33. The molecule has 3 nitrogen and oxygen atoms in total. The molecule has 0 N–H and O–H groups in total. The second-order valence-corrected chi connectivity index (χ2v) is 4.70. The van der Waals surface area contributed by atoms with Crippen LogP contribution in [0.5, 0.6) is 0 Å². The molecule has 0 aromatic heterocycles. The Morgan fingerprint density at radius 2 is 2.39 bits per heavy atom. The number of carbonyl (C=O) groups is 1. The molecule has 0 unspecified atom stereocenters. The fourth-order valence-electron chi connectivity index (χ4n) is 1.04. The highest BCUT2D eigenvalue weighted by Gasteiger charge is 2.13. The lowest BCUT2D eigenvalue weighted by Gasteiger charge is -2.05. The summed E-state index contributed by atoms with van der Waals surface area (Å²) in [4.78, 5) is 15.3. The van der Waals surface area contributed by atoms with Gasteiger partial charge in [-0.25, -0.2) is 9.18 Å². The van der Waals surface area contributed by atoms with Crippen molar-refractivity contribution in [2.24, 2.45) is 4.99 Å². The van der Waals surface area contributed by atoms with E-state index in [2.05, 4.69) is 22.4 Å². The van der Waals surface area contributed by atoms with Crippen molar-refractivity contribution in [3.05, 3.63) is 23.0 Å². The zero-order valence-electron chi connectivity index (χ0n) is 9.41. The predicted octanol–water partition coefficient (Wildman–Crippen LogP) is 4.85. The Morgan fingerprint density at radius 1 is 1.67 bits per heavy atom. The summed E-state index contributed by atoms with van der Waals surface area (Å²) >= 11 is 11.0. The van der Waals surface area contributed by atoms with Gasteiger partial charge in [0.1, 0.15) is 5.69 Å². The Kier molecular flexibility index (Phi) is 6.29. The molecular weight excluding hydrogens is 297 g/mol. The van der Waals surface area contributed by atoms with E-state index in [0.717, 1.165) is 24.2 Å². The third-order valence-corrected chi connectivity index (χ3v) is 3.14. The Bertz CT molecular complexity index is 504. The molecule has 0 radical (unpaired) electrons. The molecule has 0 aliphatic carbocycles. The molecule has 18 heavy (non-hydrogen) atoms. The number of ether oxygens (including phenoxy) is 1. The number of carbonyl (C=O) groups excluding carboxylic acids is 1. The molecule has 1 rings (SSSR count). The minimum absolute atomic E-state index is 0.0137. The lowest BCUT2D eigenvalue weighted by molar-refractivity contribution is 0.175. The largest absolute Gasteiger partial charge is 0.457 e. The van der Waals surface area contributed by atoms with Crippen molar-refractivity contribution in [3.8, 4) is 0 Å². The maximum atomic E-state index is 13.4. The molecule has 0 saturated heterocycles. The zero-order chi connectivity index (χ0) is 13.5. The third-order valence-electron chi connectivity index (χ3n) is 1.78. The average molecular weight is 306 g/mol. The number of thiocarbonyl (C=S) groups is 1. The molecule has 0 fully saturated rings. The lowest BCUT2D eigenvalue weighted by atomic mass is 10.3. The van der Waals surface area contributed by atoms with Gasteiger partial charge in [-0.1, -0.05) is 18.5 Å². The van der Waals surface area contributed by atoms with E-state index in [1.165, 1.54) is 6.07 Å². The van der Waals surface area contributed by atoms with Gasteiger partial charge in [0.2, 0.25) is 0 Å². The fourth-order valence-corrected chi connectivity index (χ4v) is 2.05. The van der Waals surface area contributed by atoms with Gasteiger partial charge < -0.3 is 4.74 Å². The summed E-state index contributed by atoms with van der Waals surface area (Å²) in [5.74, 6) is -0.622. The number of hydrogen-bond donors (Lipinski definition) is 0. The number of nitrogens with zero attached hydrogens (tertiary/aromatic N) is 1. The maximum Gasteiger partial charge on any atom is 0.372 e. The number of thioether (sulfide) groups is 1. The first-order valence-corrected chi connectivity index (χ1v) is 6.60. The van der Waals surface area contributed by atoms with Crippen LogP contribution < -0.4 is 0 Å². The first-order chi connectivity index (χ1) is 8.58. The highest BCUT2D eigenvalue weighted by atomic mass is 35.5. The minimum atomic E-state index is -0.622. The Morgan fingerprint density at radius 3 is 3.00 bits per heavy atom. The summed E-state index contributed by atoms with van der Waals surface area (Å²) < 4.78 is 18.3. The summed E-state index contributed by atoms with van der Waals surface area (Å²) in [6.07, 6.45) is 0.726. The summed E-state index contributed by atoms with van der Waals surface area (Å²) in [5, 5.41) is 1.68. The fraction of sp³-hybridized carbons (Fsp3) is 0.273. The molecule has 0 bridgehead atoms. The summed E-state index contributed by atoms with van der Waals surface area (Å²) in [5.41, 5.74) is -0.0137. The molecule has 1 aromatic carbocycles. The summed E-state index contributed by atoms with van der Waals surface area (Å²) in [6.45, 7) is 2.21. The summed E-state index contributed by atoms with van der Waals surface area (Å²) in [7, 11) is 0. The first-order valence-electron chi connectivity index (χ1n) is 5.00. The molecule has 0 atom stereocenters. The highest BCUT2D eigenvalue weighted by molar-refractivity contribution is 8.13. The van der Waals surface area contributed by atoms with Gasteiger partial charge in [0.15, 0.2) is 5.82 Å². The standard InChI is InChI=1S/C11H9ClFNO2S2/c1-2-3-16-11(15)18-10-5-9(14-6-17)8(13)4-7(10)12/h4-5H,2-3H2,1H3. The van der Waals surface area contributed by atoms with Crippen LogP contribution in [-0.4, -0.2) is 17.1 Å². The van der Waals surface area contributed by atoms with Gasteiger partial charge >= 0.3 is 5.30 Å². The van der Waals surface area contributed by atoms with E-state index in [9.17, 15) is 9.18 Å². The average Bonchev–Trinajstić information content (AvgIpc) is 2.33. The molecule has 0 amide bonds. The number of aliphatic imine (C=N–C) groups is 1. The Hall–Kier alpha value is -0.940. The predicted molar refractivity (Wildman–Crippen MR) is 73.6 cm³/mol. The van der Waals surface area contributed by atoms with Gasteiger partial charge in [-0.3, -0.25) is 0 Å². The number of hydrogen-bond acceptors (Lipinski definition) is 5. The van der Waals surface area contributed by atoms with E-state index in [1.807, 2.05) is 6.92 Å². The molecule has 7 heteroatoms. The lowest BCUT2D eigenvalue weighted by Crippen LogP contribution is -1.98. The monoisotopic (exact) mass is 305 g/mol. The van der Waals surface area contributed by atoms with Crippen molar-refractivity contribution in [2.45, 2.75) is 18.2 Å². The molecule has 0 aliphatic heterocycles. The molecular formula is C11H9ClFNO2S2. The van der Waals surface area contributed by atoms with Crippen molar-refractivity contribution in [1.82, 2.24) is 0 Å². The first kappa shape index (κ1) is 15.1. The van der Waals surface area contributed by atoms with Crippen LogP contribution in [0.1, 0.15) is 13.3 Å². The normalized spacial score (nSPS) is 9.72. The second-order valence-electron chi connectivity index (χ2n) is 3.14. The molecule has 0 spiro atoms. The van der Waals surface area contributed by atoms with E-state index in [-0.39, 0.29) is 10.7 Å². The number of rotatable bonds is 4. The number of benzene rings is 1. The van der Waals surface area contributed by atoms with Gasteiger partial charge in [-0.05, 0) is 42.5 Å². The van der Waals surface area contributed by atoms with E-state index in [0.29, 0.717) is 11.5 Å². The number of isothiocyanates is 1. The van der Waals surface area contributed by atoms with Gasteiger partial charge in [0.05, 0.1) is 16.8 Å². The topological polar surface area (TPSA) is 38.7 Å². The molecule has 1 aromatic rings. The van der Waals surface area contributed by atoms with E-state index >= 15 is 0 Å². The maximum absolute atomic E-state index is 13.4. The van der Waals surface area contributed by atoms with Gasteiger partial charge in [0.25, 0.3) is 0 Å². The Balaban J connectivity index is 2.91. The second kappa shape index (κ2) is 7.48. The van der Waals surface area contributed by atoms with Crippen molar-refractivity contribution in [3.63, 3.8) is 0 Å². The van der Waals surface area contributed by atoms with Crippen LogP contribution in [0.2, 0.25) is 5.02 Å². The molecule has 0 aliphatic rings. The third kappa shape index (κ3) is 4.38. The van der Waals surface area contributed by atoms with Crippen molar-refractivity contribution in [1.29, 1.82) is 0 Å². The quantitative estimate of drug-likeness (QED) is 0.345. The molecule has 0 heterocycles. The Labute approximate surface area is 118 Å². The van der Waals surface area contributed by atoms with Crippen LogP contribution >= 0.6 is 35.6 Å². The van der Waals surface area contributed by atoms with E-state index in [1.54, 1.807) is 0 Å². The number of halogens is 2. The van der Waals surface area contributed by atoms with Crippen molar-refractivity contribution < 1.29 is 13.9 Å². The van der Waals surface area contributed by atoms with Crippen LogP contribution in [0.4, 0.5) is 14.9 Å². The van der Waals surface area contributed by atoms with Crippen LogP contribution in [0.3, 0.4) is 0 Å². The molecule has 0 saturated carbocycles. The molecule has 96 valence electrons. The smallest absolute Gasteiger partial charge is 0.372 e. The van der Waals surface area contributed by atoms with Crippen LogP contribution in [0.15, 0.2) is 22.0 Å².